The second-order valence-corrected chi connectivity index (χ2v) is 3.57. The van der Waals surface area contributed by atoms with Crippen molar-refractivity contribution in [2.75, 3.05) is 20.2 Å². The number of hydrogen-bond acceptors (Lipinski definition) is 3. The maximum Gasteiger partial charge on any atom is 0.325 e. The van der Waals surface area contributed by atoms with Crippen LogP contribution < -0.4 is 10.6 Å². The lowest BCUT2D eigenvalue weighted by molar-refractivity contribution is -0.139. The van der Waals surface area contributed by atoms with Crippen molar-refractivity contribution < 1.29 is 18.7 Å². The van der Waals surface area contributed by atoms with Crippen LogP contribution in [0.2, 0.25) is 0 Å². The average Bonchev–Trinajstić information content (AvgIpc) is 2.36. The Kier molecular flexibility index (Phi) is 5.63. The van der Waals surface area contributed by atoms with Crippen LogP contribution in [0, 0.1) is 5.82 Å². The summed E-state index contributed by atoms with van der Waals surface area (Å²) >= 11 is 0. The van der Waals surface area contributed by atoms with Gasteiger partial charge in [0.15, 0.2) is 0 Å². The molecule has 0 atom stereocenters. The van der Waals surface area contributed by atoms with Crippen molar-refractivity contribution in [1.82, 2.24) is 10.6 Å². The monoisotopic (exact) mass is 254 g/mol. The number of carbonyl (C=O) groups is 2. The number of urea groups is 1. The molecule has 1 rings (SSSR count). The third kappa shape index (κ3) is 5.29. The molecule has 0 bridgehead atoms. The van der Waals surface area contributed by atoms with Crippen LogP contribution >= 0.6 is 0 Å². The SMILES string of the molecule is COC(=O)CNC(=O)NCCc1cccc(F)c1. The van der Waals surface area contributed by atoms with Gasteiger partial charge in [0.25, 0.3) is 0 Å². The van der Waals surface area contributed by atoms with E-state index in [0.29, 0.717) is 13.0 Å². The molecule has 2 amide bonds. The number of amides is 2. The fraction of sp³-hybridized carbons (Fsp3) is 0.333. The van der Waals surface area contributed by atoms with Crippen LogP contribution in [0.1, 0.15) is 5.56 Å². The Morgan fingerprint density at radius 3 is 2.78 bits per heavy atom. The standard InChI is InChI=1S/C12H15FN2O3/c1-18-11(16)8-15-12(17)14-6-5-9-3-2-4-10(13)7-9/h2-4,7H,5-6,8H2,1H3,(H2,14,15,17). The minimum atomic E-state index is -0.518. The number of esters is 1. The van der Waals surface area contributed by atoms with Gasteiger partial charge in [-0.05, 0) is 24.1 Å². The van der Waals surface area contributed by atoms with Gasteiger partial charge in [-0.1, -0.05) is 12.1 Å². The van der Waals surface area contributed by atoms with Crippen LogP contribution in [0.4, 0.5) is 9.18 Å². The molecule has 0 radical (unpaired) electrons. The van der Waals surface area contributed by atoms with E-state index < -0.39 is 12.0 Å². The maximum absolute atomic E-state index is 12.9. The van der Waals surface area contributed by atoms with Crippen LogP contribution in [0.3, 0.4) is 0 Å². The number of halogens is 1. The molecule has 0 unspecified atom stereocenters. The van der Waals surface area contributed by atoms with Gasteiger partial charge in [-0.3, -0.25) is 4.79 Å². The van der Waals surface area contributed by atoms with Gasteiger partial charge < -0.3 is 15.4 Å². The summed E-state index contributed by atoms with van der Waals surface area (Å²) in [5.74, 6) is -0.821. The summed E-state index contributed by atoms with van der Waals surface area (Å²) in [6.45, 7) is 0.179. The number of carbonyl (C=O) groups excluding carboxylic acids is 2. The topological polar surface area (TPSA) is 67.4 Å². The molecule has 5 nitrogen and oxygen atoms in total. The lowest BCUT2D eigenvalue weighted by atomic mass is 10.1. The van der Waals surface area contributed by atoms with Crippen LogP contribution in [0.15, 0.2) is 24.3 Å². The average molecular weight is 254 g/mol. The van der Waals surface area contributed by atoms with E-state index in [1.165, 1.54) is 19.2 Å². The van der Waals surface area contributed by atoms with Crippen molar-refractivity contribution in [3.63, 3.8) is 0 Å². The Morgan fingerprint density at radius 1 is 1.33 bits per heavy atom. The summed E-state index contributed by atoms with van der Waals surface area (Å²) in [5, 5.41) is 4.88. The minimum absolute atomic E-state index is 0.178. The molecular weight excluding hydrogens is 239 g/mol. The predicted octanol–water partition coefficient (Wildman–Crippen LogP) is 0.840. The molecule has 0 aliphatic heterocycles. The Balaban J connectivity index is 2.21. The van der Waals surface area contributed by atoms with Crippen LogP contribution in [-0.2, 0) is 16.0 Å². The Labute approximate surface area is 104 Å². The molecular formula is C12H15FN2O3. The molecule has 0 aromatic heterocycles. The van der Waals surface area contributed by atoms with E-state index in [1.54, 1.807) is 12.1 Å². The second-order valence-electron chi connectivity index (χ2n) is 3.57. The van der Waals surface area contributed by atoms with Gasteiger partial charge in [-0.15, -0.1) is 0 Å². The van der Waals surface area contributed by atoms with E-state index in [0.717, 1.165) is 5.56 Å². The van der Waals surface area contributed by atoms with E-state index in [-0.39, 0.29) is 12.4 Å². The van der Waals surface area contributed by atoms with Gasteiger partial charge in [0, 0.05) is 6.54 Å². The highest BCUT2D eigenvalue weighted by molar-refractivity contribution is 5.80. The van der Waals surface area contributed by atoms with Crippen molar-refractivity contribution in [2.24, 2.45) is 0 Å². The third-order valence-corrected chi connectivity index (χ3v) is 2.21. The third-order valence-electron chi connectivity index (χ3n) is 2.21. The number of nitrogens with one attached hydrogen (secondary N) is 2. The van der Waals surface area contributed by atoms with E-state index in [1.807, 2.05) is 0 Å². The Morgan fingerprint density at radius 2 is 2.11 bits per heavy atom. The van der Waals surface area contributed by atoms with Crippen molar-refractivity contribution >= 4 is 12.0 Å². The van der Waals surface area contributed by atoms with Crippen LogP contribution in [0.25, 0.3) is 0 Å². The summed E-state index contributed by atoms with van der Waals surface area (Å²) < 4.78 is 17.2. The largest absolute Gasteiger partial charge is 0.468 e. The van der Waals surface area contributed by atoms with Crippen LogP contribution in [0.5, 0.6) is 0 Å². The zero-order valence-corrected chi connectivity index (χ0v) is 10.0. The molecule has 98 valence electrons. The van der Waals surface area contributed by atoms with E-state index in [9.17, 15) is 14.0 Å². The summed E-state index contributed by atoms with van der Waals surface area (Å²) in [7, 11) is 1.24. The van der Waals surface area contributed by atoms with Crippen molar-refractivity contribution in [3.8, 4) is 0 Å². The number of rotatable bonds is 5. The second kappa shape index (κ2) is 7.26. The number of ether oxygens (including phenoxy) is 1. The fourth-order valence-electron chi connectivity index (χ4n) is 1.30. The lowest BCUT2D eigenvalue weighted by Gasteiger charge is -2.06. The smallest absolute Gasteiger partial charge is 0.325 e. The first-order valence-corrected chi connectivity index (χ1v) is 5.45. The lowest BCUT2D eigenvalue weighted by Crippen LogP contribution is -2.39. The first-order chi connectivity index (χ1) is 8.61. The molecule has 1 aromatic rings. The highest BCUT2D eigenvalue weighted by atomic mass is 19.1. The Bertz CT molecular complexity index is 424. The van der Waals surface area contributed by atoms with E-state index in [2.05, 4.69) is 15.4 Å². The van der Waals surface area contributed by atoms with E-state index >= 15 is 0 Å². The van der Waals surface area contributed by atoms with E-state index in [4.69, 9.17) is 0 Å². The van der Waals surface area contributed by atoms with Gasteiger partial charge in [0.05, 0.1) is 7.11 Å². The summed E-state index contributed by atoms with van der Waals surface area (Å²) in [5.41, 5.74) is 0.795. The van der Waals surface area contributed by atoms with Crippen molar-refractivity contribution in [2.45, 2.75) is 6.42 Å². The molecule has 6 heteroatoms. The molecule has 0 fully saturated rings. The predicted molar refractivity (Wildman–Crippen MR) is 63.5 cm³/mol. The molecule has 0 aliphatic carbocycles. The molecule has 0 heterocycles. The quantitative estimate of drug-likeness (QED) is 0.765. The minimum Gasteiger partial charge on any atom is -0.468 e. The van der Waals surface area contributed by atoms with Gasteiger partial charge in [-0.2, -0.15) is 0 Å². The van der Waals surface area contributed by atoms with Gasteiger partial charge in [-0.25, -0.2) is 9.18 Å². The molecule has 0 saturated heterocycles. The van der Waals surface area contributed by atoms with Gasteiger partial charge in [0.2, 0.25) is 0 Å². The molecule has 0 spiro atoms. The molecule has 0 aliphatic rings. The van der Waals surface area contributed by atoms with Crippen molar-refractivity contribution in [3.05, 3.63) is 35.6 Å². The van der Waals surface area contributed by atoms with Gasteiger partial charge >= 0.3 is 12.0 Å². The van der Waals surface area contributed by atoms with Crippen molar-refractivity contribution in [1.29, 1.82) is 0 Å². The van der Waals surface area contributed by atoms with Crippen LogP contribution in [-0.4, -0.2) is 32.2 Å². The molecule has 1 aromatic carbocycles. The molecule has 2 N–H and O–H groups in total. The summed E-state index contributed by atoms with van der Waals surface area (Å²) in [6, 6.07) is 5.70. The summed E-state index contributed by atoms with van der Waals surface area (Å²) in [6.07, 6.45) is 0.517. The number of hydrogen-bond donors (Lipinski definition) is 2. The van der Waals surface area contributed by atoms with Gasteiger partial charge in [0.1, 0.15) is 12.4 Å². The zero-order valence-electron chi connectivity index (χ0n) is 10.0. The first kappa shape index (κ1) is 14.0. The highest BCUT2D eigenvalue weighted by Gasteiger charge is 2.04. The molecule has 0 saturated carbocycles. The summed E-state index contributed by atoms with van der Waals surface area (Å²) in [4.78, 5) is 22.0. The molecule has 18 heavy (non-hydrogen) atoms. The normalized spacial score (nSPS) is 9.67. The fourth-order valence-corrected chi connectivity index (χ4v) is 1.30. The highest BCUT2D eigenvalue weighted by Crippen LogP contribution is 2.03. The first-order valence-electron chi connectivity index (χ1n) is 5.45. The number of benzene rings is 1. The Hall–Kier alpha value is -2.11. The zero-order chi connectivity index (χ0) is 13.4. The number of methoxy groups -OCH3 is 1. The maximum atomic E-state index is 12.9.